The van der Waals surface area contributed by atoms with Gasteiger partial charge >= 0.3 is 0 Å². The number of guanidine groups is 1. The third-order valence-corrected chi connectivity index (χ3v) is 4.37. The van der Waals surface area contributed by atoms with Crippen molar-refractivity contribution in [3.8, 4) is 0 Å². The van der Waals surface area contributed by atoms with Crippen molar-refractivity contribution < 1.29 is 0 Å². The number of benzene rings is 1. The van der Waals surface area contributed by atoms with Crippen LogP contribution >= 0.6 is 11.8 Å². The molecule has 2 N–H and O–H groups in total. The zero-order chi connectivity index (χ0) is 13.5. The van der Waals surface area contributed by atoms with Gasteiger partial charge in [-0.15, -0.1) is 11.8 Å². The summed E-state index contributed by atoms with van der Waals surface area (Å²) in [6.45, 7) is 5.11. The Morgan fingerprint density at radius 3 is 2.63 bits per heavy atom. The molecule has 19 heavy (non-hydrogen) atoms. The number of aliphatic imine (C=N–C) groups is 1. The van der Waals surface area contributed by atoms with E-state index in [1.165, 1.54) is 24.2 Å². The van der Waals surface area contributed by atoms with Gasteiger partial charge in [-0.1, -0.05) is 25.1 Å². The van der Waals surface area contributed by atoms with E-state index in [-0.39, 0.29) is 0 Å². The quantitative estimate of drug-likeness (QED) is 0.522. The monoisotopic (exact) mass is 277 g/mol. The van der Waals surface area contributed by atoms with E-state index in [9.17, 15) is 0 Å². The van der Waals surface area contributed by atoms with Gasteiger partial charge in [0, 0.05) is 23.2 Å². The summed E-state index contributed by atoms with van der Waals surface area (Å²) >= 11 is 1.85. The number of rotatable bonds is 4. The highest BCUT2D eigenvalue weighted by Gasteiger charge is 2.12. The molecular weight excluding hydrogens is 254 g/mol. The van der Waals surface area contributed by atoms with E-state index >= 15 is 0 Å². The number of nitrogens with two attached hydrogens (primary N) is 1. The van der Waals surface area contributed by atoms with Crippen molar-refractivity contribution in [1.29, 1.82) is 0 Å². The summed E-state index contributed by atoms with van der Waals surface area (Å²) in [6.07, 6.45) is 3.80. The lowest BCUT2D eigenvalue weighted by molar-refractivity contribution is 0.338. The predicted octanol–water partition coefficient (Wildman–Crippen LogP) is 2.97. The van der Waals surface area contributed by atoms with Crippen LogP contribution in [0.5, 0.6) is 0 Å². The molecule has 1 aliphatic rings. The first-order valence-corrected chi connectivity index (χ1v) is 7.90. The Morgan fingerprint density at radius 2 is 1.95 bits per heavy atom. The third kappa shape index (κ3) is 4.78. The standard InChI is InChI=1S/C15H23N3S/c1-13(19-14-8-4-2-5-9-14)12-17-15(16)18-10-6-3-7-11-18/h2,4-5,8-9,13H,3,6-7,10-12H2,1H3,(H2,16,17). The molecule has 1 aromatic carbocycles. The molecule has 0 saturated carbocycles. The highest BCUT2D eigenvalue weighted by Crippen LogP contribution is 2.22. The Hall–Kier alpha value is -1.16. The van der Waals surface area contributed by atoms with Crippen LogP contribution in [0.15, 0.2) is 40.2 Å². The minimum Gasteiger partial charge on any atom is -0.370 e. The van der Waals surface area contributed by atoms with E-state index in [1.54, 1.807) is 0 Å². The fourth-order valence-corrected chi connectivity index (χ4v) is 3.14. The average Bonchev–Trinajstić information content (AvgIpc) is 2.47. The number of nitrogens with zero attached hydrogens (tertiary/aromatic N) is 2. The van der Waals surface area contributed by atoms with E-state index in [1.807, 2.05) is 17.8 Å². The molecule has 2 rings (SSSR count). The van der Waals surface area contributed by atoms with Crippen LogP contribution in [0.25, 0.3) is 0 Å². The van der Waals surface area contributed by atoms with Crippen LogP contribution in [0.3, 0.4) is 0 Å². The number of piperidine rings is 1. The predicted molar refractivity (Wildman–Crippen MR) is 83.7 cm³/mol. The van der Waals surface area contributed by atoms with Gasteiger partial charge in [-0.2, -0.15) is 0 Å². The highest BCUT2D eigenvalue weighted by atomic mass is 32.2. The maximum Gasteiger partial charge on any atom is 0.191 e. The van der Waals surface area contributed by atoms with Crippen molar-refractivity contribution in [3.63, 3.8) is 0 Å². The summed E-state index contributed by atoms with van der Waals surface area (Å²) in [5, 5.41) is 0.450. The van der Waals surface area contributed by atoms with E-state index < -0.39 is 0 Å². The molecule has 0 bridgehead atoms. The molecule has 0 aliphatic carbocycles. The Morgan fingerprint density at radius 1 is 1.26 bits per heavy atom. The maximum absolute atomic E-state index is 6.06. The zero-order valence-corrected chi connectivity index (χ0v) is 12.4. The Labute approximate surface area is 120 Å². The Balaban J connectivity index is 1.80. The fourth-order valence-electron chi connectivity index (χ4n) is 2.21. The van der Waals surface area contributed by atoms with Gasteiger partial charge in [-0.05, 0) is 31.4 Å². The van der Waals surface area contributed by atoms with Crippen LogP contribution in [-0.2, 0) is 0 Å². The van der Waals surface area contributed by atoms with Crippen molar-refractivity contribution in [3.05, 3.63) is 30.3 Å². The number of hydrogen-bond acceptors (Lipinski definition) is 2. The molecule has 0 amide bonds. The lowest BCUT2D eigenvalue weighted by Crippen LogP contribution is -2.41. The van der Waals surface area contributed by atoms with E-state index in [4.69, 9.17) is 5.73 Å². The first-order chi connectivity index (χ1) is 9.25. The summed E-state index contributed by atoms with van der Waals surface area (Å²) < 4.78 is 0. The molecule has 1 fully saturated rings. The second kappa shape index (κ2) is 7.43. The SMILES string of the molecule is CC(CN=C(N)N1CCCCC1)Sc1ccccc1. The molecule has 1 atom stereocenters. The van der Waals surface area contributed by atoms with Gasteiger partial charge in [0.05, 0.1) is 6.54 Å². The normalized spacial score (nSPS) is 18.4. The van der Waals surface area contributed by atoms with Gasteiger partial charge in [0.2, 0.25) is 0 Å². The van der Waals surface area contributed by atoms with Gasteiger partial charge in [-0.25, -0.2) is 0 Å². The van der Waals surface area contributed by atoms with E-state index in [0.29, 0.717) is 5.25 Å². The van der Waals surface area contributed by atoms with Crippen LogP contribution in [0.2, 0.25) is 0 Å². The van der Waals surface area contributed by atoms with Crippen molar-refractivity contribution in [1.82, 2.24) is 4.90 Å². The van der Waals surface area contributed by atoms with Gasteiger partial charge in [0.1, 0.15) is 0 Å². The third-order valence-electron chi connectivity index (χ3n) is 3.27. The van der Waals surface area contributed by atoms with Crippen molar-refractivity contribution in [2.45, 2.75) is 36.3 Å². The van der Waals surface area contributed by atoms with Crippen LogP contribution in [0.4, 0.5) is 0 Å². The Bertz CT molecular complexity index is 399. The van der Waals surface area contributed by atoms with Crippen LogP contribution in [0.1, 0.15) is 26.2 Å². The molecule has 1 aromatic rings. The second-order valence-corrected chi connectivity index (χ2v) is 6.50. The van der Waals surface area contributed by atoms with E-state index in [2.05, 4.69) is 41.1 Å². The molecule has 1 unspecified atom stereocenters. The minimum absolute atomic E-state index is 0.450. The molecule has 4 heteroatoms. The van der Waals surface area contributed by atoms with Crippen LogP contribution in [-0.4, -0.2) is 35.7 Å². The Kier molecular flexibility index (Phi) is 5.58. The lowest BCUT2D eigenvalue weighted by atomic mass is 10.1. The van der Waals surface area contributed by atoms with Crippen LogP contribution < -0.4 is 5.73 Å². The minimum atomic E-state index is 0.450. The number of likely N-dealkylation sites (tertiary alicyclic amines) is 1. The topological polar surface area (TPSA) is 41.6 Å². The van der Waals surface area contributed by atoms with Crippen molar-refractivity contribution in [2.24, 2.45) is 10.7 Å². The molecule has 0 radical (unpaired) electrons. The maximum atomic E-state index is 6.06. The zero-order valence-electron chi connectivity index (χ0n) is 11.6. The van der Waals surface area contributed by atoms with Gasteiger partial charge in [0.25, 0.3) is 0 Å². The van der Waals surface area contributed by atoms with Crippen molar-refractivity contribution in [2.75, 3.05) is 19.6 Å². The summed E-state index contributed by atoms with van der Waals surface area (Å²) in [4.78, 5) is 8.05. The van der Waals surface area contributed by atoms with Gasteiger partial charge in [-0.3, -0.25) is 4.99 Å². The molecule has 104 valence electrons. The summed E-state index contributed by atoms with van der Waals surface area (Å²) in [6, 6.07) is 10.5. The number of hydrogen-bond donors (Lipinski definition) is 1. The summed E-state index contributed by atoms with van der Waals surface area (Å²) in [5.74, 6) is 0.722. The molecule has 0 spiro atoms. The van der Waals surface area contributed by atoms with Crippen molar-refractivity contribution >= 4 is 17.7 Å². The summed E-state index contributed by atoms with van der Waals surface area (Å²) in [5.41, 5.74) is 6.06. The summed E-state index contributed by atoms with van der Waals surface area (Å²) in [7, 11) is 0. The van der Waals surface area contributed by atoms with Crippen LogP contribution in [0, 0.1) is 0 Å². The van der Waals surface area contributed by atoms with Gasteiger partial charge < -0.3 is 10.6 Å². The molecule has 1 heterocycles. The molecule has 1 saturated heterocycles. The lowest BCUT2D eigenvalue weighted by Gasteiger charge is -2.27. The molecule has 1 aliphatic heterocycles. The largest absolute Gasteiger partial charge is 0.370 e. The van der Waals surface area contributed by atoms with E-state index in [0.717, 1.165) is 25.6 Å². The fraction of sp³-hybridized carbons (Fsp3) is 0.533. The molecular formula is C15H23N3S. The second-order valence-electron chi connectivity index (χ2n) is 4.99. The first-order valence-electron chi connectivity index (χ1n) is 7.02. The smallest absolute Gasteiger partial charge is 0.191 e. The average molecular weight is 277 g/mol. The first kappa shape index (κ1) is 14.3. The number of thioether (sulfide) groups is 1. The molecule has 3 nitrogen and oxygen atoms in total. The van der Waals surface area contributed by atoms with Gasteiger partial charge in [0.15, 0.2) is 5.96 Å². The highest BCUT2D eigenvalue weighted by molar-refractivity contribution is 8.00. The molecule has 0 aromatic heterocycles.